The van der Waals surface area contributed by atoms with E-state index in [4.69, 9.17) is 4.42 Å². The van der Waals surface area contributed by atoms with Gasteiger partial charge in [-0.15, -0.1) is 0 Å². The van der Waals surface area contributed by atoms with E-state index < -0.39 is 0 Å². The highest BCUT2D eigenvalue weighted by Gasteiger charge is 2.21. The Labute approximate surface area is 142 Å². The zero-order valence-electron chi connectivity index (χ0n) is 14.4. The Hall–Kier alpha value is -2.59. The molecule has 124 valence electrons. The number of rotatable bonds is 5. The molecule has 0 spiro atoms. The van der Waals surface area contributed by atoms with Crippen LogP contribution >= 0.6 is 0 Å². The lowest BCUT2D eigenvalue weighted by molar-refractivity contribution is -0.849. The summed E-state index contributed by atoms with van der Waals surface area (Å²) < 4.78 is 5.91. The van der Waals surface area contributed by atoms with Crippen molar-refractivity contribution in [2.45, 2.75) is 13.5 Å². The first-order valence-corrected chi connectivity index (χ1v) is 8.17. The summed E-state index contributed by atoms with van der Waals surface area (Å²) in [5, 5.41) is 1.06. The maximum Gasteiger partial charge on any atom is 0.282 e. The third kappa shape index (κ3) is 3.49. The van der Waals surface area contributed by atoms with E-state index >= 15 is 0 Å². The molecule has 2 aromatic carbocycles. The zero-order chi connectivity index (χ0) is 17.1. The second-order valence-electron chi connectivity index (χ2n) is 6.40. The summed E-state index contributed by atoms with van der Waals surface area (Å²) in [7, 11) is 3.96. The van der Waals surface area contributed by atoms with Gasteiger partial charge in [0.1, 0.15) is 11.3 Å². The van der Waals surface area contributed by atoms with Crippen LogP contribution in [-0.2, 0) is 11.3 Å². The van der Waals surface area contributed by atoms with E-state index in [-0.39, 0.29) is 5.91 Å². The van der Waals surface area contributed by atoms with E-state index in [1.165, 1.54) is 0 Å². The molecular weight excluding hydrogens is 300 g/mol. The van der Waals surface area contributed by atoms with Crippen molar-refractivity contribution in [3.63, 3.8) is 0 Å². The van der Waals surface area contributed by atoms with Crippen LogP contribution < -0.4 is 9.80 Å². The Bertz CT molecular complexity index is 818. The van der Waals surface area contributed by atoms with Crippen LogP contribution in [-0.4, -0.2) is 26.5 Å². The number of carbonyl (C=O) groups excluding carboxylic acids is 1. The highest BCUT2D eigenvalue weighted by molar-refractivity contribution is 5.94. The number of carbonyl (C=O) groups is 1. The molecule has 0 radical (unpaired) electrons. The van der Waals surface area contributed by atoms with Gasteiger partial charge in [0.15, 0.2) is 6.54 Å². The SMILES string of the molecule is Cc1ccccc1N(Cc1cc2ccccc2o1)C(=O)C[NH+](C)C. The van der Waals surface area contributed by atoms with Crippen molar-refractivity contribution in [2.75, 3.05) is 25.5 Å². The van der Waals surface area contributed by atoms with Gasteiger partial charge in [-0.3, -0.25) is 9.69 Å². The lowest BCUT2D eigenvalue weighted by Gasteiger charge is -2.24. The summed E-state index contributed by atoms with van der Waals surface area (Å²) in [6, 6.07) is 17.9. The minimum Gasteiger partial charge on any atom is -0.459 e. The van der Waals surface area contributed by atoms with Crippen molar-refractivity contribution in [3.05, 3.63) is 65.9 Å². The number of likely N-dealkylation sites (N-methyl/N-ethyl adjacent to an activating group) is 1. The van der Waals surface area contributed by atoms with Crippen LogP contribution in [0.3, 0.4) is 0 Å². The van der Waals surface area contributed by atoms with E-state index in [1.807, 2.05) is 80.5 Å². The molecule has 0 unspecified atom stereocenters. The third-order valence-electron chi connectivity index (χ3n) is 4.00. The number of para-hydroxylation sites is 2. The molecular formula is C20H23N2O2+. The van der Waals surface area contributed by atoms with Crippen molar-refractivity contribution >= 4 is 22.6 Å². The standard InChI is InChI=1S/C20H22N2O2/c1-15-8-4-6-10-18(15)22(20(23)14-21(2)3)13-17-12-16-9-5-7-11-19(16)24-17/h4-12H,13-14H2,1-3H3/p+1. The molecule has 0 fully saturated rings. The van der Waals surface area contributed by atoms with Gasteiger partial charge >= 0.3 is 0 Å². The van der Waals surface area contributed by atoms with Crippen molar-refractivity contribution in [1.29, 1.82) is 0 Å². The summed E-state index contributed by atoms with van der Waals surface area (Å²) in [4.78, 5) is 15.7. The normalized spacial score (nSPS) is 11.2. The molecule has 0 aliphatic heterocycles. The zero-order valence-corrected chi connectivity index (χ0v) is 14.4. The van der Waals surface area contributed by atoms with E-state index in [2.05, 4.69) is 0 Å². The summed E-state index contributed by atoms with van der Waals surface area (Å²) in [5.74, 6) is 0.881. The van der Waals surface area contributed by atoms with Gasteiger partial charge in [0.05, 0.1) is 20.6 Å². The van der Waals surface area contributed by atoms with Crippen LogP contribution in [0.4, 0.5) is 5.69 Å². The van der Waals surface area contributed by atoms with Crippen molar-refractivity contribution < 1.29 is 14.1 Å². The first kappa shape index (κ1) is 16.3. The second kappa shape index (κ2) is 6.89. The average molecular weight is 323 g/mol. The van der Waals surface area contributed by atoms with E-state index in [0.717, 1.165) is 32.9 Å². The summed E-state index contributed by atoms with van der Waals surface area (Å²) >= 11 is 0. The molecule has 4 heteroatoms. The Morgan fingerprint density at radius 2 is 1.79 bits per heavy atom. The molecule has 0 aliphatic rings. The second-order valence-corrected chi connectivity index (χ2v) is 6.40. The number of furan rings is 1. The molecule has 24 heavy (non-hydrogen) atoms. The molecule has 1 aromatic heterocycles. The smallest absolute Gasteiger partial charge is 0.282 e. The predicted octanol–water partition coefficient (Wildman–Crippen LogP) is 2.42. The number of quaternary nitrogens is 1. The van der Waals surface area contributed by atoms with Crippen LogP contribution in [0.25, 0.3) is 11.0 Å². The number of hydrogen-bond acceptors (Lipinski definition) is 2. The van der Waals surface area contributed by atoms with Gasteiger partial charge in [0.25, 0.3) is 5.91 Å². The Balaban J connectivity index is 1.95. The fourth-order valence-electron chi connectivity index (χ4n) is 2.84. The molecule has 0 saturated heterocycles. The highest BCUT2D eigenvalue weighted by atomic mass is 16.3. The van der Waals surface area contributed by atoms with Gasteiger partial charge in [-0.1, -0.05) is 36.4 Å². The third-order valence-corrected chi connectivity index (χ3v) is 4.00. The van der Waals surface area contributed by atoms with Crippen molar-refractivity contribution in [3.8, 4) is 0 Å². The lowest BCUT2D eigenvalue weighted by atomic mass is 10.1. The maximum atomic E-state index is 12.8. The number of benzene rings is 2. The minimum atomic E-state index is 0.0877. The van der Waals surface area contributed by atoms with Gasteiger partial charge in [0.2, 0.25) is 0 Å². The van der Waals surface area contributed by atoms with Crippen molar-refractivity contribution in [2.24, 2.45) is 0 Å². The number of hydrogen-bond donors (Lipinski definition) is 1. The number of fused-ring (bicyclic) bond motifs is 1. The van der Waals surface area contributed by atoms with Gasteiger partial charge < -0.3 is 9.32 Å². The summed E-state index contributed by atoms with van der Waals surface area (Å²) in [5.41, 5.74) is 2.86. The summed E-state index contributed by atoms with van der Waals surface area (Å²) in [6.07, 6.45) is 0. The van der Waals surface area contributed by atoms with Crippen LogP contribution in [0.2, 0.25) is 0 Å². The maximum absolute atomic E-state index is 12.8. The number of nitrogens with zero attached hydrogens (tertiary/aromatic N) is 1. The monoisotopic (exact) mass is 323 g/mol. The van der Waals surface area contributed by atoms with E-state index in [1.54, 1.807) is 0 Å². The molecule has 1 N–H and O–H groups in total. The van der Waals surface area contributed by atoms with Gasteiger partial charge in [-0.05, 0) is 30.7 Å². The highest BCUT2D eigenvalue weighted by Crippen LogP contribution is 2.25. The molecule has 1 heterocycles. The fourth-order valence-corrected chi connectivity index (χ4v) is 2.84. The minimum absolute atomic E-state index is 0.0877. The molecule has 3 aromatic rings. The molecule has 3 rings (SSSR count). The lowest BCUT2D eigenvalue weighted by Crippen LogP contribution is -3.07. The van der Waals surface area contributed by atoms with Gasteiger partial charge in [-0.25, -0.2) is 0 Å². The molecule has 1 amide bonds. The van der Waals surface area contributed by atoms with Crippen molar-refractivity contribution in [1.82, 2.24) is 0 Å². The molecule has 0 bridgehead atoms. The quantitative estimate of drug-likeness (QED) is 0.783. The van der Waals surface area contributed by atoms with Crippen LogP contribution in [0.15, 0.2) is 59.0 Å². The van der Waals surface area contributed by atoms with E-state index in [0.29, 0.717) is 13.1 Å². The van der Waals surface area contributed by atoms with E-state index in [9.17, 15) is 4.79 Å². The summed E-state index contributed by atoms with van der Waals surface area (Å²) in [6.45, 7) is 2.90. The first-order valence-electron chi connectivity index (χ1n) is 8.17. The Morgan fingerprint density at radius 1 is 1.08 bits per heavy atom. The Kier molecular flexibility index (Phi) is 4.67. The van der Waals surface area contributed by atoms with Gasteiger partial charge in [0, 0.05) is 11.1 Å². The average Bonchev–Trinajstić information content (AvgIpc) is 2.95. The number of nitrogens with one attached hydrogen (secondary N) is 1. The van der Waals surface area contributed by atoms with Crippen LogP contribution in [0.5, 0.6) is 0 Å². The van der Waals surface area contributed by atoms with Gasteiger partial charge in [-0.2, -0.15) is 0 Å². The molecule has 0 saturated carbocycles. The number of aryl methyl sites for hydroxylation is 1. The van der Waals surface area contributed by atoms with Crippen LogP contribution in [0, 0.1) is 6.92 Å². The topological polar surface area (TPSA) is 37.9 Å². The first-order chi connectivity index (χ1) is 11.5. The Morgan fingerprint density at radius 3 is 2.50 bits per heavy atom. The molecule has 0 aliphatic carbocycles. The number of amides is 1. The van der Waals surface area contributed by atoms with Crippen LogP contribution in [0.1, 0.15) is 11.3 Å². The fraction of sp³-hybridized carbons (Fsp3) is 0.250. The number of anilines is 1. The molecule has 0 atom stereocenters. The predicted molar refractivity (Wildman–Crippen MR) is 96.3 cm³/mol. The molecule has 4 nitrogen and oxygen atoms in total. The largest absolute Gasteiger partial charge is 0.459 e.